The molecule has 2 rings (SSSR count). The van der Waals surface area contributed by atoms with Crippen LogP contribution in [-0.4, -0.2) is 6.72 Å². The van der Waals surface area contributed by atoms with E-state index in [-0.39, 0.29) is 0 Å². The maximum atomic E-state index is 3.87. The fourth-order valence-corrected chi connectivity index (χ4v) is 1.28. The van der Waals surface area contributed by atoms with Gasteiger partial charge in [0.2, 0.25) is 0 Å². The van der Waals surface area contributed by atoms with Crippen molar-refractivity contribution in [3.8, 4) is 0 Å². The summed E-state index contributed by atoms with van der Waals surface area (Å²) in [6.45, 7) is 7.49. The highest BCUT2D eigenvalue weighted by Crippen LogP contribution is 2.19. The van der Waals surface area contributed by atoms with Crippen LogP contribution in [0.15, 0.2) is 47.5 Å². The van der Waals surface area contributed by atoms with Crippen molar-refractivity contribution in [2.24, 2.45) is 4.99 Å². The Labute approximate surface area is 85.1 Å². The Morgan fingerprint density at radius 3 is 2.21 bits per heavy atom. The van der Waals surface area contributed by atoms with Crippen LogP contribution in [-0.2, 0) is 0 Å². The first-order valence-electron chi connectivity index (χ1n) is 4.86. The van der Waals surface area contributed by atoms with E-state index in [2.05, 4.69) is 29.9 Å². The fraction of sp³-hybridized carbons (Fsp3) is 0.154. The topological polar surface area (TPSA) is 12.4 Å². The average molecular weight is 185 g/mol. The van der Waals surface area contributed by atoms with E-state index in [9.17, 15) is 0 Å². The predicted molar refractivity (Wildman–Crippen MR) is 64.5 cm³/mol. The lowest BCUT2D eigenvalue weighted by molar-refractivity contribution is 1.50. The minimum Gasteiger partial charge on any atom is -0.265 e. The van der Waals surface area contributed by atoms with Crippen LogP contribution in [0.2, 0.25) is 0 Å². The van der Waals surface area contributed by atoms with Crippen molar-refractivity contribution in [1.29, 1.82) is 0 Å². The van der Waals surface area contributed by atoms with Crippen LogP contribution < -0.4 is 0 Å². The van der Waals surface area contributed by atoms with E-state index >= 15 is 0 Å². The molecule has 0 radical (unpaired) electrons. The van der Waals surface area contributed by atoms with Gasteiger partial charge < -0.3 is 0 Å². The van der Waals surface area contributed by atoms with Gasteiger partial charge in [-0.05, 0) is 29.6 Å². The van der Waals surface area contributed by atoms with Crippen molar-refractivity contribution in [3.63, 3.8) is 0 Å². The molecule has 0 unspecified atom stereocenters. The Hall–Kier alpha value is -1.63. The lowest BCUT2D eigenvalue weighted by Crippen LogP contribution is -1.69. The van der Waals surface area contributed by atoms with Gasteiger partial charge in [-0.2, -0.15) is 0 Å². The highest BCUT2D eigenvalue weighted by atomic mass is 14.7. The predicted octanol–water partition coefficient (Wildman–Crippen LogP) is 4.20. The molecule has 1 heteroatoms. The Bertz CT molecular complexity index is 418. The Balaban J connectivity index is 0.000000461. The van der Waals surface area contributed by atoms with Crippen molar-refractivity contribution in [1.82, 2.24) is 0 Å². The summed E-state index contributed by atoms with van der Waals surface area (Å²) in [6, 6.07) is 14.3. The second-order valence-corrected chi connectivity index (χ2v) is 2.69. The van der Waals surface area contributed by atoms with Crippen molar-refractivity contribution < 1.29 is 0 Å². The molecule has 0 bridgehead atoms. The fourth-order valence-electron chi connectivity index (χ4n) is 1.28. The number of rotatable bonds is 1. The van der Waals surface area contributed by atoms with Gasteiger partial charge in [-0.25, -0.2) is 0 Å². The molecule has 0 N–H and O–H groups in total. The van der Waals surface area contributed by atoms with E-state index in [0.29, 0.717) is 0 Å². The van der Waals surface area contributed by atoms with Gasteiger partial charge in [0, 0.05) is 0 Å². The summed E-state index contributed by atoms with van der Waals surface area (Å²) in [5, 5.41) is 2.45. The van der Waals surface area contributed by atoms with E-state index in [0.717, 1.165) is 5.69 Å². The van der Waals surface area contributed by atoms with Gasteiger partial charge in [0.05, 0.1) is 5.69 Å². The molecule has 0 fully saturated rings. The van der Waals surface area contributed by atoms with Crippen LogP contribution in [0.3, 0.4) is 0 Å². The van der Waals surface area contributed by atoms with Crippen molar-refractivity contribution in [3.05, 3.63) is 42.5 Å². The second-order valence-electron chi connectivity index (χ2n) is 2.69. The summed E-state index contributed by atoms with van der Waals surface area (Å²) in [7, 11) is 0. The van der Waals surface area contributed by atoms with Crippen molar-refractivity contribution >= 4 is 23.2 Å². The maximum absolute atomic E-state index is 3.87. The summed E-state index contributed by atoms with van der Waals surface area (Å²) in [4.78, 5) is 3.87. The number of benzene rings is 2. The molecule has 0 saturated carbocycles. The molecule has 0 aliphatic heterocycles. The van der Waals surface area contributed by atoms with Gasteiger partial charge in [0.25, 0.3) is 0 Å². The lowest BCUT2D eigenvalue weighted by atomic mass is 10.1. The van der Waals surface area contributed by atoms with Gasteiger partial charge in [-0.3, -0.25) is 4.99 Å². The number of aliphatic imine (C=N–C) groups is 1. The summed E-state index contributed by atoms with van der Waals surface area (Å²) < 4.78 is 0. The highest BCUT2D eigenvalue weighted by molar-refractivity contribution is 5.85. The zero-order chi connectivity index (χ0) is 10.4. The van der Waals surface area contributed by atoms with Crippen LogP contribution in [0.25, 0.3) is 10.8 Å². The molecule has 0 aliphatic carbocycles. The number of hydrogen-bond acceptors (Lipinski definition) is 1. The molecule has 1 nitrogen and oxygen atoms in total. The highest BCUT2D eigenvalue weighted by Gasteiger charge is 1.91. The molecule has 0 amide bonds. The zero-order valence-corrected chi connectivity index (χ0v) is 8.70. The summed E-state index contributed by atoms with van der Waals surface area (Å²) in [5.41, 5.74) is 0.925. The van der Waals surface area contributed by atoms with E-state index in [1.807, 2.05) is 38.1 Å². The molecule has 14 heavy (non-hydrogen) atoms. The minimum atomic E-state index is 0.925. The first kappa shape index (κ1) is 10.5. The summed E-state index contributed by atoms with van der Waals surface area (Å²) in [6.07, 6.45) is 0. The monoisotopic (exact) mass is 185 g/mol. The largest absolute Gasteiger partial charge is 0.265 e. The van der Waals surface area contributed by atoms with Crippen LogP contribution in [0.5, 0.6) is 0 Å². The number of nitrogens with zero attached hydrogens (tertiary/aromatic N) is 1. The first-order chi connectivity index (χ1) is 6.90. The van der Waals surface area contributed by atoms with Crippen LogP contribution in [0, 0.1) is 0 Å². The first-order valence-corrected chi connectivity index (χ1v) is 4.86. The van der Waals surface area contributed by atoms with Crippen molar-refractivity contribution in [2.75, 3.05) is 0 Å². The summed E-state index contributed by atoms with van der Waals surface area (Å²) in [5.74, 6) is 0. The minimum absolute atomic E-state index is 0.925. The normalized spacial score (nSPS) is 9.00. The molecule has 2 aromatic carbocycles. The van der Waals surface area contributed by atoms with Gasteiger partial charge >= 0.3 is 0 Å². The standard InChI is InChI=1S/C11H9N.C2H6/c1-12-11-7-6-9-4-2-3-5-10(9)8-11;1-2/h2-8H,1H2;1-2H3. The van der Waals surface area contributed by atoms with Crippen LogP contribution >= 0.6 is 0 Å². The Morgan fingerprint density at radius 2 is 1.57 bits per heavy atom. The quantitative estimate of drug-likeness (QED) is 0.590. The molecule has 0 saturated heterocycles. The second kappa shape index (κ2) is 5.18. The van der Waals surface area contributed by atoms with E-state index < -0.39 is 0 Å². The van der Waals surface area contributed by atoms with Crippen molar-refractivity contribution in [2.45, 2.75) is 13.8 Å². The van der Waals surface area contributed by atoms with Crippen LogP contribution in [0.1, 0.15) is 13.8 Å². The van der Waals surface area contributed by atoms with Crippen LogP contribution in [0.4, 0.5) is 5.69 Å². The van der Waals surface area contributed by atoms with Gasteiger partial charge in [0.1, 0.15) is 0 Å². The van der Waals surface area contributed by atoms with E-state index in [4.69, 9.17) is 0 Å². The Morgan fingerprint density at radius 1 is 0.929 bits per heavy atom. The average Bonchev–Trinajstić information content (AvgIpc) is 2.31. The molecule has 0 heterocycles. The third-order valence-corrected chi connectivity index (χ3v) is 1.92. The molecule has 2 aromatic rings. The molecular weight excluding hydrogens is 170 g/mol. The molecule has 0 spiro atoms. The SMILES string of the molecule is C=Nc1ccc2ccccc2c1.CC. The van der Waals surface area contributed by atoms with E-state index in [1.54, 1.807) is 0 Å². The van der Waals surface area contributed by atoms with Gasteiger partial charge in [0.15, 0.2) is 0 Å². The smallest absolute Gasteiger partial charge is 0.0628 e. The zero-order valence-electron chi connectivity index (χ0n) is 8.70. The molecule has 0 aromatic heterocycles. The van der Waals surface area contributed by atoms with Gasteiger partial charge in [-0.15, -0.1) is 0 Å². The molecular formula is C13H15N. The van der Waals surface area contributed by atoms with Gasteiger partial charge in [-0.1, -0.05) is 44.2 Å². The molecule has 0 atom stereocenters. The lowest BCUT2D eigenvalue weighted by Gasteiger charge is -1.97. The Kier molecular flexibility index (Phi) is 3.86. The number of fused-ring (bicyclic) bond motifs is 1. The molecule has 72 valence electrons. The summed E-state index contributed by atoms with van der Waals surface area (Å²) >= 11 is 0. The molecule has 0 aliphatic rings. The maximum Gasteiger partial charge on any atom is 0.0628 e. The third kappa shape index (κ3) is 2.19. The number of hydrogen-bond donors (Lipinski definition) is 0. The third-order valence-electron chi connectivity index (χ3n) is 1.92. The van der Waals surface area contributed by atoms with E-state index in [1.165, 1.54) is 10.8 Å².